The van der Waals surface area contributed by atoms with E-state index in [0.717, 1.165) is 0 Å². The fourth-order valence-electron chi connectivity index (χ4n) is 0.333. The molecule has 0 aliphatic heterocycles. The molecule has 0 rings (SSSR count). The lowest BCUT2D eigenvalue weighted by Gasteiger charge is -1.97. The second-order valence-electron chi connectivity index (χ2n) is 2.50. The maximum Gasteiger partial charge on any atom is 0.330 e. The van der Waals surface area contributed by atoms with Crippen LogP contribution in [-0.4, -0.2) is 47.7 Å². The molecule has 0 atom stereocenters. The summed E-state index contributed by atoms with van der Waals surface area (Å²) in [6.07, 6.45) is 0.653. The van der Waals surface area contributed by atoms with Crippen LogP contribution in [0.5, 0.6) is 0 Å². The number of ether oxygens (including phenoxy) is 1. The summed E-state index contributed by atoms with van der Waals surface area (Å²) in [5, 5.41) is 24.3. The Hall–Kier alpha value is -0.910. The van der Waals surface area contributed by atoms with E-state index in [9.17, 15) is 4.79 Å². The lowest BCUT2D eigenvalue weighted by Crippen LogP contribution is -2.01. The van der Waals surface area contributed by atoms with Gasteiger partial charge in [-0.05, 0) is 13.3 Å². The Bertz CT molecular complexity index is 137. The van der Waals surface area contributed by atoms with Gasteiger partial charge in [0.25, 0.3) is 0 Å². The molecular formula is C9H18O5. The Kier molecular flexibility index (Phi) is 13.4. The van der Waals surface area contributed by atoms with Crippen molar-refractivity contribution in [2.24, 2.45) is 0 Å². The summed E-state index contributed by atoms with van der Waals surface area (Å²) in [6.45, 7) is 5.73. The third-order valence-electron chi connectivity index (χ3n) is 1.05. The third-order valence-corrected chi connectivity index (χ3v) is 1.05. The van der Waals surface area contributed by atoms with Crippen LogP contribution in [0.15, 0.2) is 12.2 Å². The van der Waals surface area contributed by atoms with Crippen LogP contribution in [0, 0.1) is 0 Å². The molecular weight excluding hydrogens is 188 g/mol. The molecule has 0 aromatic carbocycles. The molecule has 84 valence electrons. The quantitative estimate of drug-likeness (QED) is 0.421. The molecule has 0 saturated heterocycles. The van der Waals surface area contributed by atoms with Crippen LogP contribution in [0.3, 0.4) is 0 Å². The van der Waals surface area contributed by atoms with Gasteiger partial charge in [0, 0.05) is 18.8 Å². The van der Waals surface area contributed by atoms with Crippen molar-refractivity contribution in [2.75, 3.05) is 26.4 Å². The van der Waals surface area contributed by atoms with Crippen molar-refractivity contribution >= 4 is 5.97 Å². The molecule has 0 fully saturated rings. The number of aliphatic hydroxyl groups excluding tert-OH is 2. The number of carbonyl (C=O) groups is 1. The summed E-state index contributed by atoms with van der Waals surface area (Å²) in [5.41, 5.74) is 0.176. The van der Waals surface area contributed by atoms with Gasteiger partial charge in [0.1, 0.15) is 0 Å². The van der Waals surface area contributed by atoms with Gasteiger partial charge in [0.2, 0.25) is 0 Å². The highest BCUT2D eigenvalue weighted by Gasteiger charge is 1.90. The van der Waals surface area contributed by atoms with Gasteiger partial charge in [-0.1, -0.05) is 6.58 Å². The zero-order valence-electron chi connectivity index (χ0n) is 8.40. The first-order valence-electron chi connectivity index (χ1n) is 4.24. The number of aliphatic carboxylic acids is 1. The van der Waals surface area contributed by atoms with Gasteiger partial charge in [-0.25, -0.2) is 4.79 Å². The first kappa shape index (κ1) is 15.6. The smallest absolute Gasteiger partial charge is 0.330 e. The summed E-state index contributed by atoms with van der Waals surface area (Å²) < 4.78 is 4.81. The van der Waals surface area contributed by atoms with Crippen molar-refractivity contribution in [3.05, 3.63) is 12.2 Å². The minimum Gasteiger partial charge on any atom is -0.478 e. The molecule has 0 aliphatic rings. The fourth-order valence-corrected chi connectivity index (χ4v) is 0.333. The fraction of sp³-hybridized carbons (Fsp3) is 0.667. The number of carboxylic acids is 1. The molecule has 0 saturated carbocycles. The molecule has 5 heteroatoms. The van der Waals surface area contributed by atoms with Crippen LogP contribution in [0.25, 0.3) is 0 Å². The Morgan fingerprint density at radius 3 is 2.07 bits per heavy atom. The number of aliphatic hydroxyl groups is 2. The molecule has 14 heavy (non-hydrogen) atoms. The highest BCUT2D eigenvalue weighted by molar-refractivity contribution is 5.84. The number of carboxylic acid groups (broad SMARTS) is 1. The van der Waals surface area contributed by atoms with E-state index in [1.54, 1.807) is 0 Å². The van der Waals surface area contributed by atoms with E-state index in [-0.39, 0.29) is 18.8 Å². The van der Waals surface area contributed by atoms with Crippen LogP contribution >= 0.6 is 0 Å². The van der Waals surface area contributed by atoms with Crippen LogP contribution < -0.4 is 0 Å². The van der Waals surface area contributed by atoms with Crippen molar-refractivity contribution in [1.82, 2.24) is 0 Å². The molecule has 0 spiro atoms. The maximum absolute atomic E-state index is 9.60. The van der Waals surface area contributed by atoms with Gasteiger partial charge in [-0.15, -0.1) is 0 Å². The van der Waals surface area contributed by atoms with Crippen molar-refractivity contribution in [1.29, 1.82) is 0 Å². The van der Waals surface area contributed by atoms with E-state index in [1.165, 1.54) is 6.92 Å². The first-order chi connectivity index (χ1) is 6.56. The molecule has 3 N–H and O–H groups in total. The standard InChI is InChI=1S/C5H12O3.C4H6O2/c6-2-1-4-8-5-3-7;1-3(2)4(5)6/h6-7H,1-5H2;1H2,2H3,(H,5,6). The lowest BCUT2D eigenvalue weighted by molar-refractivity contribution is -0.132. The zero-order valence-corrected chi connectivity index (χ0v) is 8.40. The second-order valence-corrected chi connectivity index (χ2v) is 2.50. The van der Waals surface area contributed by atoms with E-state index in [0.29, 0.717) is 19.6 Å². The van der Waals surface area contributed by atoms with Gasteiger partial charge in [-0.2, -0.15) is 0 Å². The number of hydrogen-bond donors (Lipinski definition) is 3. The average molecular weight is 206 g/mol. The average Bonchev–Trinajstić information content (AvgIpc) is 2.13. The summed E-state index contributed by atoms with van der Waals surface area (Å²) in [6, 6.07) is 0. The van der Waals surface area contributed by atoms with Crippen molar-refractivity contribution in [2.45, 2.75) is 13.3 Å². The SMILES string of the molecule is C=C(C)C(=O)O.OCCCOCCO. The molecule has 0 unspecified atom stereocenters. The van der Waals surface area contributed by atoms with Crippen LogP contribution in [0.2, 0.25) is 0 Å². The molecule has 0 heterocycles. The molecule has 5 nitrogen and oxygen atoms in total. The molecule has 0 bridgehead atoms. The maximum atomic E-state index is 9.60. The van der Waals surface area contributed by atoms with Crippen molar-refractivity contribution < 1.29 is 24.9 Å². The monoisotopic (exact) mass is 206 g/mol. The number of hydrogen-bond acceptors (Lipinski definition) is 4. The van der Waals surface area contributed by atoms with Gasteiger partial charge in [0.15, 0.2) is 0 Å². The normalized spacial score (nSPS) is 8.79. The zero-order chi connectivity index (χ0) is 11.4. The molecule has 0 radical (unpaired) electrons. The predicted molar refractivity (Wildman–Crippen MR) is 52.1 cm³/mol. The van der Waals surface area contributed by atoms with Crippen molar-refractivity contribution in [3.8, 4) is 0 Å². The molecule has 0 aromatic rings. The summed E-state index contributed by atoms with van der Waals surface area (Å²) in [5.74, 6) is -0.935. The first-order valence-corrected chi connectivity index (χ1v) is 4.24. The summed E-state index contributed by atoms with van der Waals surface area (Å²) in [7, 11) is 0. The Labute approximate surface area is 83.6 Å². The molecule has 0 aromatic heterocycles. The molecule has 0 aliphatic carbocycles. The highest BCUT2D eigenvalue weighted by atomic mass is 16.5. The number of rotatable bonds is 6. The van der Waals surface area contributed by atoms with Crippen LogP contribution in [0.4, 0.5) is 0 Å². The van der Waals surface area contributed by atoms with Crippen molar-refractivity contribution in [3.63, 3.8) is 0 Å². The van der Waals surface area contributed by atoms with Gasteiger partial charge in [-0.3, -0.25) is 0 Å². The summed E-state index contributed by atoms with van der Waals surface area (Å²) >= 11 is 0. The van der Waals surface area contributed by atoms with Crippen LogP contribution in [0.1, 0.15) is 13.3 Å². The summed E-state index contributed by atoms with van der Waals surface area (Å²) in [4.78, 5) is 9.60. The third kappa shape index (κ3) is 17.3. The Morgan fingerprint density at radius 2 is 1.79 bits per heavy atom. The largest absolute Gasteiger partial charge is 0.478 e. The minimum atomic E-state index is -0.935. The predicted octanol–water partition coefficient (Wildman–Crippen LogP) is 0.0248. The van der Waals surface area contributed by atoms with Gasteiger partial charge >= 0.3 is 5.97 Å². The van der Waals surface area contributed by atoms with E-state index in [1.807, 2.05) is 0 Å². The van der Waals surface area contributed by atoms with E-state index in [4.69, 9.17) is 20.1 Å². The van der Waals surface area contributed by atoms with Crippen LogP contribution in [-0.2, 0) is 9.53 Å². The van der Waals surface area contributed by atoms with E-state index in [2.05, 4.69) is 6.58 Å². The van der Waals surface area contributed by atoms with Gasteiger partial charge in [0.05, 0.1) is 13.2 Å². The molecule has 0 amide bonds. The second kappa shape index (κ2) is 12.1. The van der Waals surface area contributed by atoms with E-state index < -0.39 is 5.97 Å². The van der Waals surface area contributed by atoms with Gasteiger partial charge < -0.3 is 20.1 Å². The van der Waals surface area contributed by atoms with E-state index >= 15 is 0 Å². The lowest BCUT2D eigenvalue weighted by atomic mass is 10.4. The highest BCUT2D eigenvalue weighted by Crippen LogP contribution is 1.81. The minimum absolute atomic E-state index is 0.0609. The Morgan fingerprint density at radius 1 is 1.29 bits per heavy atom. The Balaban J connectivity index is 0. The topological polar surface area (TPSA) is 87.0 Å².